The molecule has 1 atom stereocenters. The maximum Gasteiger partial charge on any atom is 0.326 e. The molecule has 0 aliphatic heterocycles. The van der Waals surface area contributed by atoms with Crippen LogP contribution in [-0.2, 0) is 20.7 Å². The molecule has 2 N–H and O–H groups in total. The first-order chi connectivity index (χ1) is 13.3. The van der Waals surface area contributed by atoms with Crippen molar-refractivity contribution in [2.24, 2.45) is 0 Å². The van der Waals surface area contributed by atoms with Crippen molar-refractivity contribution in [1.82, 2.24) is 5.32 Å². The smallest absolute Gasteiger partial charge is 0.326 e. The lowest BCUT2D eigenvalue weighted by molar-refractivity contribution is -0.152. The van der Waals surface area contributed by atoms with Crippen LogP contribution < -0.4 is 10.6 Å². The van der Waals surface area contributed by atoms with E-state index in [0.717, 1.165) is 23.2 Å². The summed E-state index contributed by atoms with van der Waals surface area (Å²) in [6, 6.07) is 12.0. The van der Waals surface area contributed by atoms with Crippen molar-refractivity contribution in [2.75, 3.05) is 11.9 Å². The molecule has 0 aliphatic rings. The van der Waals surface area contributed by atoms with Crippen molar-refractivity contribution in [2.45, 2.75) is 33.3 Å². The summed E-state index contributed by atoms with van der Waals surface area (Å²) in [5.74, 6) is -1.56. The highest BCUT2D eigenvalue weighted by Crippen LogP contribution is 2.21. The SMILES string of the molecule is CCc1cccc(C)c1NC(=O)[C@H](C)OC(=O)CNC(=O)c1ccc(Cl)cc1. The Hall–Kier alpha value is -2.86. The zero-order valence-corrected chi connectivity index (χ0v) is 16.8. The van der Waals surface area contributed by atoms with Gasteiger partial charge >= 0.3 is 5.97 Å². The molecule has 0 heterocycles. The second-order valence-electron chi connectivity index (χ2n) is 6.27. The first kappa shape index (κ1) is 21.4. The van der Waals surface area contributed by atoms with Gasteiger partial charge in [0.15, 0.2) is 6.10 Å². The fourth-order valence-electron chi connectivity index (χ4n) is 2.57. The number of carbonyl (C=O) groups is 3. The predicted molar refractivity (Wildman–Crippen MR) is 109 cm³/mol. The van der Waals surface area contributed by atoms with Gasteiger partial charge in [0.2, 0.25) is 0 Å². The minimum atomic E-state index is -0.996. The van der Waals surface area contributed by atoms with E-state index in [2.05, 4.69) is 10.6 Å². The molecule has 148 valence electrons. The van der Waals surface area contributed by atoms with Gasteiger partial charge in [0.05, 0.1) is 0 Å². The average molecular weight is 403 g/mol. The van der Waals surface area contributed by atoms with E-state index in [9.17, 15) is 14.4 Å². The summed E-state index contributed by atoms with van der Waals surface area (Å²) < 4.78 is 5.12. The molecule has 0 aliphatic carbocycles. The summed E-state index contributed by atoms with van der Waals surface area (Å²) in [6.07, 6.45) is -0.230. The monoisotopic (exact) mass is 402 g/mol. The van der Waals surface area contributed by atoms with Gasteiger partial charge in [0.1, 0.15) is 6.54 Å². The van der Waals surface area contributed by atoms with Gasteiger partial charge in [0, 0.05) is 16.3 Å². The van der Waals surface area contributed by atoms with Crippen LogP contribution in [0.2, 0.25) is 5.02 Å². The van der Waals surface area contributed by atoms with Gasteiger partial charge in [-0.1, -0.05) is 36.7 Å². The molecule has 2 aromatic carbocycles. The molecule has 0 saturated heterocycles. The maximum absolute atomic E-state index is 12.4. The van der Waals surface area contributed by atoms with Gasteiger partial charge < -0.3 is 15.4 Å². The standard InChI is InChI=1S/C21H23ClN2O4/c1-4-15-7-5-6-13(2)19(15)24-20(26)14(3)28-18(25)12-23-21(27)16-8-10-17(22)11-9-16/h5-11,14H,4,12H2,1-3H3,(H,23,27)(H,24,26)/t14-/m0/s1. The molecule has 2 amide bonds. The van der Waals surface area contributed by atoms with Crippen molar-refractivity contribution in [1.29, 1.82) is 0 Å². The first-order valence-electron chi connectivity index (χ1n) is 8.94. The Morgan fingerprint density at radius 3 is 2.43 bits per heavy atom. The number of anilines is 1. The highest BCUT2D eigenvalue weighted by molar-refractivity contribution is 6.30. The van der Waals surface area contributed by atoms with Crippen molar-refractivity contribution in [3.05, 3.63) is 64.2 Å². The van der Waals surface area contributed by atoms with Crippen LogP contribution in [-0.4, -0.2) is 30.4 Å². The largest absolute Gasteiger partial charge is 0.451 e. The van der Waals surface area contributed by atoms with E-state index in [4.69, 9.17) is 16.3 Å². The lowest BCUT2D eigenvalue weighted by Crippen LogP contribution is -2.36. The summed E-state index contributed by atoms with van der Waals surface area (Å²) in [4.78, 5) is 36.3. The molecule has 0 bridgehead atoms. The fourth-order valence-corrected chi connectivity index (χ4v) is 2.70. The summed E-state index contributed by atoms with van der Waals surface area (Å²) >= 11 is 5.77. The number of hydrogen-bond acceptors (Lipinski definition) is 4. The van der Waals surface area contributed by atoms with Crippen molar-refractivity contribution in [3.63, 3.8) is 0 Å². The first-order valence-corrected chi connectivity index (χ1v) is 9.32. The van der Waals surface area contributed by atoms with Crippen molar-refractivity contribution < 1.29 is 19.1 Å². The van der Waals surface area contributed by atoms with Crippen LogP contribution in [0.3, 0.4) is 0 Å². The molecule has 0 fully saturated rings. The number of ether oxygens (including phenoxy) is 1. The third-order valence-electron chi connectivity index (χ3n) is 4.17. The Kier molecular flexibility index (Phi) is 7.58. The van der Waals surface area contributed by atoms with Gasteiger partial charge in [-0.15, -0.1) is 0 Å². The highest BCUT2D eigenvalue weighted by atomic mass is 35.5. The lowest BCUT2D eigenvalue weighted by Gasteiger charge is -2.17. The van der Waals surface area contributed by atoms with Crippen LogP contribution in [0, 0.1) is 6.92 Å². The topological polar surface area (TPSA) is 84.5 Å². The number of aryl methyl sites for hydroxylation is 2. The van der Waals surface area contributed by atoms with E-state index in [1.54, 1.807) is 24.3 Å². The third-order valence-corrected chi connectivity index (χ3v) is 4.42. The Labute approximate surface area is 169 Å². The number of nitrogens with one attached hydrogen (secondary N) is 2. The molecule has 6 nitrogen and oxygen atoms in total. The molecule has 28 heavy (non-hydrogen) atoms. The quantitative estimate of drug-likeness (QED) is 0.694. The zero-order chi connectivity index (χ0) is 20.7. The van der Waals surface area contributed by atoms with E-state index >= 15 is 0 Å². The molecule has 0 unspecified atom stereocenters. The van der Waals surface area contributed by atoms with Gasteiger partial charge in [-0.05, 0) is 55.7 Å². The number of para-hydroxylation sites is 1. The fraction of sp³-hybridized carbons (Fsp3) is 0.286. The third kappa shape index (κ3) is 5.82. The molecule has 0 aromatic heterocycles. The number of esters is 1. The van der Waals surface area contributed by atoms with E-state index in [0.29, 0.717) is 10.6 Å². The van der Waals surface area contributed by atoms with Crippen LogP contribution in [0.1, 0.15) is 35.3 Å². The zero-order valence-electron chi connectivity index (χ0n) is 16.0. The lowest BCUT2D eigenvalue weighted by atomic mass is 10.1. The Balaban J connectivity index is 1.87. The molecule has 7 heteroatoms. The van der Waals surface area contributed by atoms with Crippen LogP contribution >= 0.6 is 11.6 Å². The Morgan fingerprint density at radius 1 is 1.11 bits per heavy atom. The minimum absolute atomic E-state index is 0.344. The molecule has 2 aromatic rings. The highest BCUT2D eigenvalue weighted by Gasteiger charge is 2.20. The number of benzene rings is 2. The van der Waals surface area contributed by atoms with Gasteiger partial charge in [-0.2, -0.15) is 0 Å². The molecular weight excluding hydrogens is 380 g/mol. The second kappa shape index (κ2) is 9.90. The summed E-state index contributed by atoms with van der Waals surface area (Å²) in [5, 5.41) is 5.78. The number of amides is 2. The van der Waals surface area contributed by atoms with Crippen LogP contribution in [0.15, 0.2) is 42.5 Å². The average Bonchev–Trinajstić information content (AvgIpc) is 2.68. The maximum atomic E-state index is 12.4. The Bertz CT molecular complexity index is 865. The summed E-state index contributed by atoms with van der Waals surface area (Å²) in [6.45, 7) is 5.04. The molecular formula is C21H23ClN2O4. The van der Waals surface area contributed by atoms with Gasteiger partial charge in [-0.25, -0.2) is 0 Å². The molecule has 0 saturated carbocycles. The van der Waals surface area contributed by atoms with Crippen molar-refractivity contribution >= 4 is 35.1 Å². The summed E-state index contributed by atoms with van der Waals surface area (Å²) in [5.41, 5.74) is 3.03. The predicted octanol–water partition coefficient (Wildman–Crippen LogP) is 3.51. The van der Waals surface area contributed by atoms with Gasteiger partial charge in [0.25, 0.3) is 11.8 Å². The molecule has 0 radical (unpaired) electrons. The van der Waals surface area contributed by atoms with Crippen LogP contribution in [0.5, 0.6) is 0 Å². The van der Waals surface area contributed by atoms with Crippen molar-refractivity contribution in [3.8, 4) is 0 Å². The van der Waals surface area contributed by atoms with E-state index in [1.807, 2.05) is 32.0 Å². The van der Waals surface area contributed by atoms with E-state index in [-0.39, 0.29) is 6.54 Å². The van der Waals surface area contributed by atoms with Crippen LogP contribution in [0.25, 0.3) is 0 Å². The number of rotatable bonds is 7. The second-order valence-corrected chi connectivity index (χ2v) is 6.71. The van der Waals surface area contributed by atoms with Crippen LogP contribution in [0.4, 0.5) is 5.69 Å². The normalized spacial score (nSPS) is 11.4. The minimum Gasteiger partial charge on any atom is -0.451 e. The number of hydrogen-bond donors (Lipinski definition) is 2. The Morgan fingerprint density at radius 2 is 1.79 bits per heavy atom. The number of carbonyl (C=O) groups excluding carboxylic acids is 3. The van der Waals surface area contributed by atoms with Gasteiger partial charge in [-0.3, -0.25) is 14.4 Å². The summed E-state index contributed by atoms with van der Waals surface area (Å²) in [7, 11) is 0. The van der Waals surface area contributed by atoms with E-state index in [1.165, 1.54) is 6.92 Å². The van der Waals surface area contributed by atoms with E-state index < -0.39 is 23.9 Å². The molecule has 2 rings (SSSR count). The molecule has 0 spiro atoms. The number of halogens is 1.